The van der Waals surface area contributed by atoms with Gasteiger partial charge in [-0.15, -0.1) is 0 Å². The molecule has 0 spiro atoms. The number of hydrogen-bond donors (Lipinski definition) is 2. The molecule has 1 aliphatic rings. The van der Waals surface area contributed by atoms with Crippen LogP contribution in [0.25, 0.3) is 11.6 Å². The second-order valence-electron chi connectivity index (χ2n) is 5.30. The van der Waals surface area contributed by atoms with Gasteiger partial charge in [-0.05, 0) is 18.9 Å². The van der Waals surface area contributed by atoms with Crippen molar-refractivity contribution in [2.24, 2.45) is 5.73 Å². The number of rotatable bonds is 2. The van der Waals surface area contributed by atoms with E-state index < -0.39 is 5.54 Å². The van der Waals surface area contributed by atoms with Crippen LogP contribution >= 0.6 is 0 Å². The lowest BCUT2D eigenvalue weighted by atomic mass is 9.91. The maximum atomic E-state index is 11.0. The van der Waals surface area contributed by atoms with Crippen LogP contribution in [0.4, 0.5) is 0 Å². The lowest BCUT2D eigenvalue weighted by molar-refractivity contribution is 0.334. The van der Waals surface area contributed by atoms with Crippen molar-refractivity contribution in [3.63, 3.8) is 0 Å². The van der Waals surface area contributed by atoms with Crippen molar-refractivity contribution in [3.05, 3.63) is 28.3 Å². The molecular formula is C13H17N5O2. The topological polar surface area (TPSA) is 111 Å². The molecule has 1 aliphatic carbocycles. The normalized spacial score (nSPS) is 18.6. The average Bonchev–Trinajstić information content (AvgIpc) is 2.84. The van der Waals surface area contributed by atoms with Gasteiger partial charge in [-0.1, -0.05) is 30.8 Å². The Bertz CT molecular complexity index is 620. The molecule has 0 atom stereocenters. The molecular weight excluding hydrogens is 258 g/mol. The monoisotopic (exact) mass is 275 g/mol. The summed E-state index contributed by atoms with van der Waals surface area (Å²) >= 11 is 0. The summed E-state index contributed by atoms with van der Waals surface area (Å²) in [6.07, 6.45) is 6.29. The second-order valence-corrected chi connectivity index (χ2v) is 5.30. The highest BCUT2D eigenvalue weighted by atomic mass is 16.5. The van der Waals surface area contributed by atoms with Crippen molar-refractivity contribution >= 4 is 0 Å². The van der Waals surface area contributed by atoms with Gasteiger partial charge in [0, 0.05) is 6.07 Å². The first-order chi connectivity index (χ1) is 9.67. The number of nitrogens with zero attached hydrogens (tertiary/aromatic N) is 3. The Morgan fingerprint density at radius 3 is 2.60 bits per heavy atom. The van der Waals surface area contributed by atoms with Gasteiger partial charge in [0.05, 0.1) is 5.54 Å². The van der Waals surface area contributed by atoms with Gasteiger partial charge in [0.25, 0.3) is 11.4 Å². The maximum absolute atomic E-state index is 11.0. The Kier molecular flexibility index (Phi) is 3.35. The largest absolute Gasteiger partial charge is 0.332 e. The molecule has 2 aromatic heterocycles. The summed E-state index contributed by atoms with van der Waals surface area (Å²) in [4.78, 5) is 15.3. The third kappa shape index (κ3) is 2.49. The van der Waals surface area contributed by atoms with Crippen molar-refractivity contribution in [2.45, 2.75) is 44.1 Å². The molecule has 0 bridgehead atoms. The number of H-pyrrole nitrogens is 1. The van der Waals surface area contributed by atoms with E-state index in [0.717, 1.165) is 25.7 Å². The van der Waals surface area contributed by atoms with Crippen LogP contribution in [-0.4, -0.2) is 20.3 Å². The minimum atomic E-state index is -0.513. The van der Waals surface area contributed by atoms with Gasteiger partial charge in [-0.2, -0.15) is 10.1 Å². The lowest BCUT2D eigenvalue weighted by Crippen LogP contribution is -2.37. The zero-order chi connectivity index (χ0) is 14.0. The fraction of sp³-hybridized carbons (Fsp3) is 0.538. The van der Waals surface area contributed by atoms with Crippen molar-refractivity contribution in [3.8, 4) is 11.6 Å². The SMILES string of the molecule is NC1(c2noc(-c3ccc(=O)[nH]n3)n2)CCCCCC1. The summed E-state index contributed by atoms with van der Waals surface area (Å²) < 4.78 is 5.22. The fourth-order valence-corrected chi connectivity index (χ4v) is 2.58. The van der Waals surface area contributed by atoms with Crippen LogP contribution in [0.2, 0.25) is 0 Å². The standard InChI is InChI=1S/C13H17N5O2/c14-13(7-3-1-2-4-8-13)12-15-11(20-18-12)9-5-6-10(19)17-16-9/h5-6H,1-4,7-8,14H2,(H,17,19). The van der Waals surface area contributed by atoms with Crippen molar-refractivity contribution in [2.75, 3.05) is 0 Å². The first kappa shape index (κ1) is 13.0. The van der Waals surface area contributed by atoms with Crippen LogP contribution in [0, 0.1) is 0 Å². The molecule has 1 saturated carbocycles. The fourth-order valence-electron chi connectivity index (χ4n) is 2.58. The highest BCUT2D eigenvalue weighted by molar-refractivity contribution is 5.44. The number of aromatic nitrogens is 4. The molecule has 2 heterocycles. The van der Waals surface area contributed by atoms with Crippen LogP contribution in [0.1, 0.15) is 44.3 Å². The molecule has 0 saturated heterocycles. The van der Waals surface area contributed by atoms with Gasteiger partial charge in [-0.3, -0.25) is 4.79 Å². The quantitative estimate of drug-likeness (QED) is 0.800. The summed E-state index contributed by atoms with van der Waals surface area (Å²) in [5, 5.41) is 10.2. The molecule has 0 radical (unpaired) electrons. The van der Waals surface area contributed by atoms with Crippen LogP contribution < -0.4 is 11.3 Å². The van der Waals surface area contributed by atoms with E-state index in [9.17, 15) is 4.79 Å². The van der Waals surface area contributed by atoms with Crippen LogP contribution in [0.5, 0.6) is 0 Å². The van der Waals surface area contributed by atoms with Gasteiger partial charge >= 0.3 is 0 Å². The van der Waals surface area contributed by atoms with E-state index in [2.05, 4.69) is 20.3 Å². The van der Waals surface area contributed by atoms with E-state index in [0.29, 0.717) is 11.5 Å². The van der Waals surface area contributed by atoms with Crippen molar-refractivity contribution in [1.29, 1.82) is 0 Å². The Morgan fingerprint density at radius 2 is 1.95 bits per heavy atom. The van der Waals surface area contributed by atoms with Crippen LogP contribution in [0.3, 0.4) is 0 Å². The third-order valence-corrected chi connectivity index (χ3v) is 3.77. The highest BCUT2D eigenvalue weighted by Crippen LogP contribution is 2.32. The van der Waals surface area contributed by atoms with Gasteiger partial charge in [0.15, 0.2) is 5.82 Å². The molecule has 0 aliphatic heterocycles. The Hall–Kier alpha value is -2.02. The molecule has 7 nitrogen and oxygen atoms in total. The predicted octanol–water partition coefficient (Wildman–Crippen LogP) is 1.33. The summed E-state index contributed by atoms with van der Waals surface area (Å²) in [5.74, 6) is 0.813. The number of nitrogens with one attached hydrogen (secondary N) is 1. The minimum Gasteiger partial charge on any atom is -0.332 e. The van der Waals surface area contributed by atoms with Crippen molar-refractivity contribution in [1.82, 2.24) is 20.3 Å². The van der Waals surface area contributed by atoms with E-state index in [1.54, 1.807) is 6.07 Å². The van der Waals surface area contributed by atoms with E-state index in [1.165, 1.54) is 18.9 Å². The first-order valence-corrected chi connectivity index (χ1v) is 6.87. The third-order valence-electron chi connectivity index (χ3n) is 3.77. The number of aromatic amines is 1. The summed E-state index contributed by atoms with van der Waals surface area (Å²) in [5.41, 5.74) is 6.09. The Balaban J connectivity index is 1.89. The van der Waals surface area contributed by atoms with Gasteiger partial charge in [0.2, 0.25) is 0 Å². The molecule has 1 fully saturated rings. The van der Waals surface area contributed by atoms with Crippen LogP contribution in [-0.2, 0) is 5.54 Å². The average molecular weight is 275 g/mol. The Labute approximate surface area is 115 Å². The van der Waals surface area contributed by atoms with Crippen molar-refractivity contribution < 1.29 is 4.52 Å². The van der Waals surface area contributed by atoms with E-state index in [1.807, 2.05) is 0 Å². The zero-order valence-electron chi connectivity index (χ0n) is 11.1. The van der Waals surface area contributed by atoms with E-state index >= 15 is 0 Å². The maximum Gasteiger partial charge on any atom is 0.278 e. The molecule has 3 N–H and O–H groups in total. The molecule has 3 rings (SSSR count). The van der Waals surface area contributed by atoms with E-state index in [-0.39, 0.29) is 11.4 Å². The molecule has 0 aromatic carbocycles. The zero-order valence-corrected chi connectivity index (χ0v) is 11.1. The molecule has 7 heteroatoms. The molecule has 2 aromatic rings. The smallest absolute Gasteiger partial charge is 0.278 e. The highest BCUT2D eigenvalue weighted by Gasteiger charge is 2.33. The number of nitrogens with two attached hydrogens (primary N) is 1. The number of hydrogen-bond acceptors (Lipinski definition) is 6. The Morgan fingerprint density at radius 1 is 1.20 bits per heavy atom. The molecule has 0 amide bonds. The summed E-state index contributed by atoms with van der Waals surface area (Å²) in [6, 6.07) is 2.92. The summed E-state index contributed by atoms with van der Waals surface area (Å²) in [7, 11) is 0. The van der Waals surface area contributed by atoms with Gasteiger partial charge < -0.3 is 10.3 Å². The first-order valence-electron chi connectivity index (χ1n) is 6.87. The van der Waals surface area contributed by atoms with Gasteiger partial charge in [-0.25, -0.2) is 5.10 Å². The molecule has 0 unspecified atom stereocenters. The lowest BCUT2D eigenvalue weighted by Gasteiger charge is -2.23. The predicted molar refractivity (Wildman–Crippen MR) is 71.7 cm³/mol. The second kappa shape index (κ2) is 5.16. The van der Waals surface area contributed by atoms with E-state index in [4.69, 9.17) is 10.3 Å². The molecule has 106 valence electrons. The summed E-state index contributed by atoms with van der Waals surface area (Å²) in [6.45, 7) is 0. The van der Waals surface area contributed by atoms with Gasteiger partial charge in [0.1, 0.15) is 5.69 Å². The molecule has 20 heavy (non-hydrogen) atoms. The minimum absolute atomic E-state index is 0.271. The van der Waals surface area contributed by atoms with Crippen LogP contribution in [0.15, 0.2) is 21.5 Å².